The predicted octanol–water partition coefficient (Wildman–Crippen LogP) is 4.81. The number of aryl methyl sites for hydroxylation is 1. The summed E-state index contributed by atoms with van der Waals surface area (Å²) in [6.45, 7) is 3.41. The molecule has 3 aromatic rings. The van der Waals surface area contributed by atoms with Gasteiger partial charge in [-0.1, -0.05) is 0 Å². The second kappa shape index (κ2) is 7.30. The summed E-state index contributed by atoms with van der Waals surface area (Å²) in [7, 11) is 1.79. The lowest BCUT2D eigenvalue weighted by molar-refractivity contribution is 0.146. The van der Waals surface area contributed by atoms with E-state index < -0.39 is 23.8 Å². The lowest BCUT2D eigenvalue weighted by Crippen LogP contribution is -2.13. The number of rotatable bonds is 5. The van der Waals surface area contributed by atoms with Gasteiger partial charge in [-0.05, 0) is 44.2 Å². The largest absolute Gasteiger partial charge is 0.399 e. The number of aromatic nitrogens is 2. The molecular formula is C19H20F3N5. The predicted molar refractivity (Wildman–Crippen MR) is 102 cm³/mol. The van der Waals surface area contributed by atoms with E-state index in [9.17, 15) is 13.2 Å². The molecule has 27 heavy (non-hydrogen) atoms. The van der Waals surface area contributed by atoms with Crippen molar-refractivity contribution in [3.63, 3.8) is 0 Å². The monoisotopic (exact) mass is 375 g/mol. The van der Waals surface area contributed by atoms with Crippen molar-refractivity contribution < 1.29 is 13.2 Å². The molecule has 0 bridgehead atoms. The molecule has 8 heteroatoms. The maximum absolute atomic E-state index is 14.6. The number of alkyl halides is 2. The van der Waals surface area contributed by atoms with E-state index in [0.29, 0.717) is 11.6 Å². The van der Waals surface area contributed by atoms with Gasteiger partial charge in [0.1, 0.15) is 17.5 Å². The summed E-state index contributed by atoms with van der Waals surface area (Å²) < 4.78 is 40.7. The first kappa shape index (κ1) is 18.8. The van der Waals surface area contributed by atoms with Gasteiger partial charge in [0, 0.05) is 29.4 Å². The van der Waals surface area contributed by atoms with E-state index in [1.165, 1.54) is 6.07 Å². The fraction of sp³-hybridized carbons (Fsp3) is 0.263. The highest BCUT2D eigenvalue weighted by atomic mass is 19.3. The fourth-order valence-electron chi connectivity index (χ4n) is 2.96. The van der Waals surface area contributed by atoms with E-state index in [1.807, 2.05) is 18.2 Å². The van der Waals surface area contributed by atoms with Gasteiger partial charge in [-0.15, -0.1) is 0 Å². The molecule has 0 spiro atoms. The van der Waals surface area contributed by atoms with Crippen molar-refractivity contribution in [2.45, 2.75) is 26.3 Å². The molecule has 1 heterocycles. The van der Waals surface area contributed by atoms with Crippen LogP contribution < -0.4 is 16.4 Å². The van der Waals surface area contributed by atoms with E-state index >= 15 is 0 Å². The molecule has 0 saturated carbocycles. The van der Waals surface area contributed by atoms with Crippen LogP contribution in [-0.2, 0) is 0 Å². The third-order valence-corrected chi connectivity index (χ3v) is 4.30. The highest BCUT2D eigenvalue weighted by Gasteiger charge is 2.21. The van der Waals surface area contributed by atoms with Crippen LogP contribution in [-0.4, -0.2) is 17.0 Å². The highest BCUT2D eigenvalue weighted by molar-refractivity contribution is 5.91. The van der Waals surface area contributed by atoms with Crippen LogP contribution in [0.3, 0.4) is 0 Å². The fourth-order valence-corrected chi connectivity index (χ4v) is 2.96. The lowest BCUT2D eigenvalue weighted by atomic mass is 10.0. The molecule has 5 nitrogen and oxygen atoms in total. The Labute approximate surface area is 154 Å². The molecular weight excluding hydrogens is 355 g/mol. The SMILES string of the molecule is CNc1ccc2nc(C)nc(N[C@H](C)c3cc(N)cc(C(F)F)c3F)c2c1. The molecule has 1 aromatic heterocycles. The molecule has 0 aliphatic rings. The Kier molecular flexibility index (Phi) is 5.07. The van der Waals surface area contributed by atoms with Gasteiger partial charge >= 0.3 is 0 Å². The Morgan fingerprint density at radius 2 is 1.78 bits per heavy atom. The van der Waals surface area contributed by atoms with E-state index in [0.717, 1.165) is 22.7 Å². The Bertz CT molecular complexity index is 991. The van der Waals surface area contributed by atoms with E-state index in [4.69, 9.17) is 5.73 Å². The zero-order chi connectivity index (χ0) is 19.7. The van der Waals surface area contributed by atoms with Crippen molar-refractivity contribution in [1.29, 1.82) is 0 Å². The summed E-state index contributed by atoms with van der Waals surface area (Å²) in [5, 5.41) is 6.88. The minimum Gasteiger partial charge on any atom is -0.399 e. The van der Waals surface area contributed by atoms with Gasteiger partial charge in [0.2, 0.25) is 0 Å². The third-order valence-electron chi connectivity index (χ3n) is 4.30. The third kappa shape index (κ3) is 3.74. The van der Waals surface area contributed by atoms with Crippen LogP contribution in [0, 0.1) is 12.7 Å². The summed E-state index contributed by atoms with van der Waals surface area (Å²) >= 11 is 0. The minimum absolute atomic E-state index is 0.0551. The zero-order valence-corrected chi connectivity index (χ0v) is 15.1. The molecule has 1 atom stereocenters. The standard InChI is InChI=1S/C19H20F3N5/c1-9(13-6-11(23)7-15(17(13)20)18(21)22)25-19-14-8-12(24-3)4-5-16(14)26-10(2)27-19/h4-9,18,24H,23H2,1-3H3,(H,25,26,27)/t9-/m1/s1. The van der Waals surface area contributed by atoms with Crippen molar-refractivity contribution in [1.82, 2.24) is 9.97 Å². The molecule has 0 saturated heterocycles. The van der Waals surface area contributed by atoms with Crippen molar-refractivity contribution in [3.8, 4) is 0 Å². The van der Waals surface area contributed by atoms with Crippen LogP contribution >= 0.6 is 0 Å². The molecule has 4 N–H and O–H groups in total. The number of halogens is 3. The van der Waals surface area contributed by atoms with Crippen LogP contribution in [0.15, 0.2) is 30.3 Å². The Morgan fingerprint density at radius 3 is 2.44 bits per heavy atom. The zero-order valence-electron chi connectivity index (χ0n) is 15.1. The quantitative estimate of drug-likeness (QED) is 0.558. The van der Waals surface area contributed by atoms with Gasteiger partial charge < -0.3 is 16.4 Å². The molecule has 0 aliphatic carbocycles. The number of hydrogen-bond acceptors (Lipinski definition) is 5. The molecule has 0 radical (unpaired) electrons. The maximum atomic E-state index is 14.6. The van der Waals surface area contributed by atoms with Gasteiger partial charge in [0.05, 0.1) is 17.1 Å². The number of benzene rings is 2. The number of nitrogen functional groups attached to an aromatic ring is 1. The summed E-state index contributed by atoms with van der Waals surface area (Å²) in [6, 6.07) is 7.27. The topological polar surface area (TPSA) is 75.9 Å². The average molecular weight is 375 g/mol. The molecule has 2 aromatic carbocycles. The van der Waals surface area contributed by atoms with Crippen LogP contribution in [0.1, 0.15) is 36.3 Å². The van der Waals surface area contributed by atoms with Gasteiger partial charge in [-0.25, -0.2) is 23.1 Å². The molecule has 0 aliphatic heterocycles. The summed E-state index contributed by atoms with van der Waals surface area (Å²) in [4.78, 5) is 8.79. The van der Waals surface area contributed by atoms with Crippen LogP contribution in [0.4, 0.5) is 30.4 Å². The first-order chi connectivity index (χ1) is 12.8. The normalized spacial score (nSPS) is 12.4. The molecule has 0 amide bonds. The minimum atomic E-state index is -2.94. The number of anilines is 3. The van der Waals surface area contributed by atoms with Gasteiger partial charge in [-0.2, -0.15) is 0 Å². The van der Waals surface area contributed by atoms with Gasteiger partial charge in [0.15, 0.2) is 0 Å². The summed E-state index contributed by atoms with van der Waals surface area (Å²) in [6.07, 6.45) is -2.94. The average Bonchev–Trinajstić information content (AvgIpc) is 2.62. The van der Waals surface area contributed by atoms with Crippen LogP contribution in [0.25, 0.3) is 10.9 Å². The second-order valence-electron chi connectivity index (χ2n) is 6.28. The number of nitrogens with zero attached hydrogens (tertiary/aromatic N) is 2. The molecule has 0 fully saturated rings. The van der Waals surface area contributed by atoms with E-state index in [-0.39, 0.29) is 11.3 Å². The summed E-state index contributed by atoms with van der Waals surface area (Å²) in [5.41, 5.74) is 6.70. The van der Waals surface area contributed by atoms with E-state index in [1.54, 1.807) is 20.9 Å². The number of nitrogens with two attached hydrogens (primary N) is 1. The number of hydrogen-bond donors (Lipinski definition) is 3. The van der Waals surface area contributed by atoms with Crippen molar-refractivity contribution in [2.24, 2.45) is 0 Å². The van der Waals surface area contributed by atoms with Crippen molar-refractivity contribution >= 4 is 28.1 Å². The first-order valence-corrected chi connectivity index (χ1v) is 8.39. The number of nitrogens with one attached hydrogen (secondary N) is 2. The van der Waals surface area contributed by atoms with E-state index in [2.05, 4.69) is 20.6 Å². The molecule has 142 valence electrons. The Balaban J connectivity index is 2.05. The number of fused-ring (bicyclic) bond motifs is 1. The van der Waals surface area contributed by atoms with Gasteiger partial charge in [0.25, 0.3) is 6.43 Å². The maximum Gasteiger partial charge on any atom is 0.266 e. The molecule has 0 unspecified atom stereocenters. The summed E-state index contributed by atoms with van der Waals surface area (Å²) in [5.74, 6) is 0.0587. The molecule has 3 rings (SSSR count). The van der Waals surface area contributed by atoms with Crippen molar-refractivity contribution in [3.05, 3.63) is 53.1 Å². The van der Waals surface area contributed by atoms with Crippen LogP contribution in [0.2, 0.25) is 0 Å². The smallest absolute Gasteiger partial charge is 0.266 e. The second-order valence-corrected chi connectivity index (χ2v) is 6.28. The lowest BCUT2D eigenvalue weighted by Gasteiger charge is -2.19. The first-order valence-electron chi connectivity index (χ1n) is 8.39. The van der Waals surface area contributed by atoms with Crippen LogP contribution in [0.5, 0.6) is 0 Å². The highest BCUT2D eigenvalue weighted by Crippen LogP contribution is 2.32. The Hall–Kier alpha value is -3.03. The van der Waals surface area contributed by atoms with Crippen molar-refractivity contribution in [2.75, 3.05) is 23.4 Å². The van der Waals surface area contributed by atoms with Gasteiger partial charge in [-0.3, -0.25) is 0 Å². The Morgan fingerprint density at radius 1 is 1.07 bits per heavy atom.